The van der Waals surface area contributed by atoms with Gasteiger partial charge < -0.3 is 9.64 Å². The fourth-order valence-electron chi connectivity index (χ4n) is 1.33. The Morgan fingerprint density at radius 2 is 2.14 bits per heavy atom. The maximum atomic E-state index is 5.64. The molecule has 1 aromatic heterocycles. The van der Waals surface area contributed by atoms with Gasteiger partial charge in [0.15, 0.2) is 0 Å². The average Bonchev–Trinajstić information content (AvgIpc) is 2.17. The summed E-state index contributed by atoms with van der Waals surface area (Å²) in [6.45, 7) is 1.74. The van der Waals surface area contributed by atoms with Crippen LogP contribution in [-0.4, -0.2) is 36.3 Å². The smallest absolute Gasteiger partial charge is 0.225 e. The molecule has 14 heavy (non-hydrogen) atoms. The zero-order chi connectivity index (χ0) is 9.97. The molecule has 4 nitrogen and oxygen atoms in total. The van der Waals surface area contributed by atoms with Gasteiger partial charge in [-0.1, -0.05) is 0 Å². The monoisotopic (exact) mass is 213 g/mol. The van der Waals surface area contributed by atoms with Crippen molar-refractivity contribution >= 4 is 17.5 Å². The standard InChI is InChI=1S/C9H12ClN3O/c1-14-8-5-13(6-8)9-11-3-7(2-10)4-12-9/h3-4,8H,2,5-6H2,1H3. The Kier molecular flexibility index (Phi) is 2.84. The minimum Gasteiger partial charge on any atom is -0.378 e. The van der Waals surface area contributed by atoms with Gasteiger partial charge in [-0.05, 0) is 0 Å². The van der Waals surface area contributed by atoms with E-state index in [0.717, 1.165) is 24.6 Å². The minimum atomic E-state index is 0.325. The van der Waals surface area contributed by atoms with E-state index in [1.165, 1.54) is 0 Å². The maximum Gasteiger partial charge on any atom is 0.225 e. The molecule has 2 rings (SSSR count). The lowest BCUT2D eigenvalue weighted by atomic mass is 10.2. The van der Waals surface area contributed by atoms with Crippen molar-refractivity contribution in [3.05, 3.63) is 18.0 Å². The summed E-state index contributed by atoms with van der Waals surface area (Å²) in [6.07, 6.45) is 3.84. The minimum absolute atomic E-state index is 0.325. The zero-order valence-corrected chi connectivity index (χ0v) is 8.74. The number of rotatable bonds is 3. The molecule has 2 heterocycles. The van der Waals surface area contributed by atoms with E-state index >= 15 is 0 Å². The SMILES string of the molecule is COC1CN(c2ncc(CCl)cn2)C1. The lowest BCUT2D eigenvalue weighted by Gasteiger charge is -2.37. The highest BCUT2D eigenvalue weighted by atomic mass is 35.5. The second-order valence-electron chi connectivity index (χ2n) is 3.29. The van der Waals surface area contributed by atoms with Gasteiger partial charge in [0, 0.05) is 38.2 Å². The zero-order valence-electron chi connectivity index (χ0n) is 7.98. The van der Waals surface area contributed by atoms with Crippen molar-refractivity contribution in [2.75, 3.05) is 25.1 Å². The number of aromatic nitrogens is 2. The summed E-state index contributed by atoms with van der Waals surface area (Å²) >= 11 is 5.64. The third-order valence-electron chi connectivity index (χ3n) is 2.31. The Hall–Kier alpha value is -0.870. The molecule has 1 fully saturated rings. The van der Waals surface area contributed by atoms with Crippen LogP contribution in [0.3, 0.4) is 0 Å². The number of nitrogens with zero attached hydrogens (tertiary/aromatic N) is 3. The number of alkyl halides is 1. The summed E-state index contributed by atoms with van der Waals surface area (Å²) in [7, 11) is 1.72. The normalized spacial score (nSPS) is 16.9. The van der Waals surface area contributed by atoms with Crippen molar-refractivity contribution in [3.63, 3.8) is 0 Å². The Labute approximate surface area is 87.9 Å². The summed E-state index contributed by atoms with van der Waals surface area (Å²) in [5.74, 6) is 1.22. The van der Waals surface area contributed by atoms with Crippen LogP contribution in [0.1, 0.15) is 5.56 Å². The van der Waals surface area contributed by atoms with Gasteiger partial charge in [-0.15, -0.1) is 11.6 Å². The third kappa shape index (κ3) is 1.81. The summed E-state index contributed by atoms with van der Waals surface area (Å²) < 4.78 is 5.16. The summed E-state index contributed by atoms with van der Waals surface area (Å²) in [5.41, 5.74) is 0.944. The Bertz CT molecular complexity index is 297. The van der Waals surface area contributed by atoms with Crippen LogP contribution in [0.2, 0.25) is 0 Å². The molecule has 0 saturated carbocycles. The second kappa shape index (κ2) is 4.11. The molecule has 1 aromatic rings. The molecular formula is C9H12ClN3O. The van der Waals surface area contributed by atoms with Crippen molar-refractivity contribution in [1.29, 1.82) is 0 Å². The molecule has 5 heteroatoms. The highest BCUT2D eigenvalue weighted by Gasteiger charge is 2.28. The lowest BCUT2D eigenvalue weighted by Crippen LogP contribution is -2.52. The number of ether oxygens (including phenoxy) is 1. The van der Waals surface area contributed by atoms with Crippen LogP contribution >= 0.6 is 11.6 Å². The van der Waals surface area contributed by atoms with Crippen molar-refractivity contribution in [3.8, 4) is 0 Å². The van der Waals surface area contributed by atoms with Gasteiger partial charge in [0.2, 0.25) is 5.95 Å². The number of halogens is 1. The van der Waals surface area contributed by atoms with E-state index in [4.69, 9.17) is 16.3 Å². The van der Waals surface area contributed by atoms with Gasteiger partial charge in [-0.2, -0.15) is 0 Å². The van der Waals surface area contributed by atoms with Crippen LogP contribution in [0.25, 0.3) is 0 Å². The molecule has 0 atom stereocenters. The lowest BCUT2D eigenvalue weighted by molar-refractivity contribution is 0.0778. The molecule has 1 saturated heterocycles. The molecule has 1 aliphatic heterocycles. The quantitative estimate of drug-likeness (QED) is 0.704. The summed E-state index contributed by atoms with van der Waals surface area (Å²) in [4.78, 5) is 10.5. The van der Waals surface area contributed by atoms with E-state index in [1.807, 2.05) is 0 Å². The van der Waals surface area contributed by atoms with Gasteiger partial charge in [0.25, 0.3) is 0 Å². The van der Waals surface area contributed by atoms with E-state index in [2.05, 4.69) is 14.9 Å². The average molecular weight is 214 g/mol. The molecule has 1 aliphatic rings. The first-order valence-corrected chi connectivity index (χ1v) is 5.01. The predicted octanol–water partition coefficient (Wildman–Crippen LogP) is 1.05. The Morgan fingerprint density at radius 3 is 2.64 bits per heavy atom. The van der Waals surface area contributed by atoms with Crippen molar-refractivity contribution in [1.82, 2.24) is 9.97 Å². The molecule has 0 N–H and O–H groups in total. The van der Waals surface area contributed by atoms with E-state index in [0.29, 0.717) is 12.0 Å². The number of hydrogen-bond donors (Lipinski definition) is 0. The first-order chi connectivity index (χ1) is 6.83. The first-order valence-electron chi connectivity index (χ1n) is 4.48. The molecule has 0 amide bonds. The Balaban J connectivity index is 1.98. The molecular weight excluding hydrogens is 202 g/mol. The molecule has 0 radical (unpaired) electrons. The largest absolute Gasteiger partial charge is 0.378 e. The fourth-order valence-corrected chi connectivity index (χ4v) is 1.47. The van der Waals surface area contributed by atoms with Crippen LogP contribution in [0, 0.1) is 0 Å². The van der Waals surface area contributed by atoms with Crippen molar-refractivity contribution in [2.24, 2.45) is 0 Å². The molecule has 76 valence electrons. The predicted molar refractivity (Wildman–Crippen MR) is 54.6 cm³/mol. The van der Waals surface area contributed by atoms with Gasteiger partial charge in [0.05, 0.1) is 12.0 Å². The van der Waals surface area contributed by atoms with Crippen molar-refractivity contribution in [2.45, 2.75) is 12.0 Å². The van der Waals surface area contributed by atoms with E-state index < -0.39 is 0 Å². The molecule has 0 spiro atoms. The third-order valence-corrected chi connectivity index (χ3v) is 2.62. The van der Waals surface area contributed by atoms with Crippen LogP contribution in [0.15, 0.2) is 12.4 Å². The van der Waals surface area contributed by atoms with Crippen LogP contribution < -0.4 is 4.90 Å². The van der Waals surface area contributed by atoms with Crippen LogP contribution in [-0.2, 0) is 10.6 Å². The molecule has 0 unspecified atom stereocenters. The molecule has 0 bridgehead atoms. The highest BCUT2D eigenvalue weighted by molar-refractivity contribution is 6.17. The van der Waals surface area contributed by atoms with Crippen LogP contribution in [0.4, 0.5) is 5.95 Å². The highest BCUT2D eigenvalue weighted by Crippen LogP contribution is 2.17. The number of anilines is 1. The second-order valence-corrected chi connectivity index (χ2v) is 3.55. The van der Waals surface area contributed by atoms with Crippen molar-refractivity contribution < 1.29 is 4.74 Å². The van der Waals surface area contributed by atoms with E-state index in [-0.39, 0.29) is 0 Å². The van der Waals surface area contributed by atoms with Crippen LogP contribution in [0.5, 0.6) is 0 Å². The molecule has 0 aromatic carbocycles. The van der Waals surface area contributed by atoms with Gasteiger partial charge in [-0.25, -0.2) is 9.97 Å². The van der Waals surface area contributed by atoms with E-state index in [9.17, 15) is 0 Å². The molecule has 0 aliphatic carbocycles. The summed E-state index contributed by atoms with van der Waals surface area (Å²) in [6, 6.07) is 0. The number of hydrogen-bond acceptors (Lipinski definition) is 4. The van der Waals surface area contributed by atoms with Gasteiger partial charge in [0.1, 0.15) is 0 Å². The Morgan fingerprint density at radius 1 is 1.50 bits per heavy atom. The topological polar surface area (TPSA) is 38.2 Å². The van der Waals surface area contributed by atoms with Gasteiger partial charge >= 0.3 is 0 Å². The number of methoxy groups -OCH3 is 1. The van der Waals surface area contributed by atoms with Gasteiger partial charge in [-0.3, -0.25) is 0 Å². The van der Waals surface area contributed by atoms with E-state index in [1.54, 1.807) is 19.5 Å². The summed E-state index contributed by atoms with van der Waals surface area (Å²) in [5, 5.41) is 0. The first kappa shape index (κ1) is 9.68. The fraction of sp³-hybridized carbons (Fsp3) is 0.556. The maximum absolute atomic E-state index is 5.64.